The van der Waals surface area contributed by atoms with Crippen LogP contribution in [0.2, 0.25) is 0 Å². The third kappa shape index (κ3) is 3.00. The Morgan fingerprint density at radius 1 is 1.23 bits per heavy atom. The van der Waals surface area contributed by atoms with E-state index in [4.69, 9.17) is 4.74 Å². The zero-order valence-corrected chi connectivity index (χ0v) is 13.5. The van der Waals surface area contributed by atoms with Crippen LogP contribution >= 0.6 is 0 Å². The van der Waals surface area contributed by atoms with E-state index >= 15 is 0 Å². The van der Waals surface area contributed by atoms with Crippen molar-refractivity contribution in [2.24, 2.45) is 0 Å². The van der Waals surface area contributed by atoms with Crippen molar-refractivity contribution in [1.82, 2.24) is 20.3 Å². The first-order chi connectivity index (χ1) is 12.6. The molecule has 3 heterocycles. The SMILES string of the molecule is O=C(NCc1cccnc1)c1ccc2c(c1)Oc1[nH]c(=O)[nH]c(=O)c1C2. The first-order valence-corrected chi connectivity index (χ1v) is 7.93. The van der Waals surface area contributed by atoms with Crippen LogP contribution in [-0.4, -0.2) is 20.9 Å². The maximum Gasteiger partial charge on any atom is 0.328 e. The summed E-state index contributed by atoms with van der Waals surface area (Å²) in [5, 5.41) is 2.81. The molecule has 1 aromatic carbocycles. The van der Waals surface area contributed by atoms with Crippen LogP contribution < -0.4 is 21.3 Å². The van der Waals surface area contributed by atoms with Crippen molar-refractivity contribution < 1.29 is 9.53 Å². The quantitative estimate of drug-likeness (QED) is 0.511. The number of H-pyrrole nitrogens is 2. The van der Waals surface area contributed by atoms with Gasteiger partial charge in [0.1, 0.15) is 5.75 Å². The normalized spacial score (nSPS) is 11.8. The second-order valence-corrected chi connectivity index (χ2v) is 5.86. The Balaban J connectivity index is 1.56. The highest BCUT2D eigenvalue weighted by atomic mass is 16.5. The summed E-state index contributed by atoms with van der Waals surface area (Å²) in [6.07, 6.45) is 3.66. The maximum atomic E-state index is 12.4. The van der Waals surface area contributed by atoms with Crippen molar-refractivity contribution in [3.63, 3.8) is 0 Å². The van der Waals surface area contributed by atoms with E-state index in [9.17, 15) is 14.4 Å². The molecule has 0 radical (unpaired) electrons. The Hall–Kier alpha value is -3.68. The molecule has 0 spiro atoms. The molecule has 8 nitrogen and oxygen atoms in total. The van der Waals surface area contributed by atoms with E-state index in [0.717, 1.165) is 11.1 Å². The van der Waals surface area contributed by atoms with E-state index in [1.807, 2.05) is 6.07 Å². The highest BCUT2D eigenvalue weighted by Gasteiger charge is 2.22. The number of aromatic amines is 2. The van der Waals surface area contributed by atoms with Gasteiger partial charge in [-0.2, -0.15) is 0 Å². The van der Waals surface area contributed by atoms with Crippen LogP contribution in [-0.2, 0) is 13.0 Å². The molecule has 2 aromatic heterocycles. The van der Waals surface area contributed by atoms with Crippen LogP contribution in [0.4, 0.5) is 0 Å². The Labute approximate surface area is 146 Å². The van der Waals surface area contributed by atoms with Gasteiger partial charge in [-0.3, -0.25) is 24.5 Å². The van der Waals surface area contributed by atoms with E-state index in [0.29, 0.717) is 29.8 Å². The topological polar surface area (TPSA) is 117 Å². The van der Waals surface area contributed by atoms with Gasteiger partial charge in [0.2, 0.25) is 5.88 Å². The van der Waals surface area contributed by atoms with Crippen LogP contribution in [0, 0.1) is 0 Å². The molecule has 0 bridgehead atoms. The zero-order valence-electron chi connectivity index (χ0n) is 13.5. The lowest BCUT2D eigenvalue weighted by molar-refractivity contribution is 0.0950. The Kier molecular flexibility index (Phi) is 3.85. The molecule has 1 aliphatic rings. The largest absolute Gasteiger partial charge is 0.440 e. The fraction of sp³-hybridized carbons (Fsp3) is 0.111. The first-order valence-electron chi connectivity index (χ1n) is 7.93. The predicted molar refractivity (Wildman–Crippen MR) is 92.4 cm³/mol. The second kappa shape index (κ2) is 6.32. The fourth-order valence-electron chi connectivity index (χ4n) is 2.76. The number of nitrogens with zero attached hydrogens (tertiary/aromatic N) is 1. The average molecular weight is 350 g/mol. The molecule has 3 N–H and O–H groups in total. The summed E-state index contributed by atoms with van der Waals surface area (Å²) in [4.78, 5) is 44.3. The number of carbonyl (C=O) groups excluding carboxylic acids is 1. The summed E-state index contributed by atoms with van der Waals surface area (Å²) in [6, 6.07) is 8.67. The summed E-state index contributed by atoms with van der Waals surface area (Å²) >= 11 is 0. The van der Waals surface area contributed by atoms with Gasteiger partial charge in [0.25, 0.3) is 11.5 Å². The maximum absolute atomic E-state index is 12.4. The number of amides is 1. The molecular weight excluding hydrogens is 336 g/mol. The number of nitrogens with one attached hydrogen (secondary N) is 3. The lowest BCUT2D eigenvalue weighted by Crippen LogP contribution is -2.28. The molecule has 0 saturated heterocycles. The first kappa shape index (κ1) is 15.8. The van der Waals surface area contributed by atoms with Crippen molar-refractivity contribution in [2.45, 2.75) is 13.0 Å². The minimum Gasteiger partial charge on any atom is -0.440 e. The number of ether oxygens (including phenoxy) is 1. The second-order valence-electron chi connectivity index (χ2n) is 5.86. The molecule has 0 unspecified atom stereocenters. The summed E-state index contributed by atoms with van der Waals surface area (Å²) in [7, 11) is 0. The standard InChI is InChI=1S/C18H14N4O4/c23-15(20-9-10-2-1-5-19-8-10)12-4-3-11-6-13-16(24)21-18(25)22-17(13)26-14(11)7-12/h1-5,7-8H,6,9H2,(H,20,23)(H2,21,22,24,25). The number of hydrogen-bond acceptors (Lipinski definition) is 5. The van der Waals surface area contributed by atoms with Crippen molar-refractivity contribution in [3.05, 3.63) is 85.8 Å². The van der Waals surface area contributed by atoms with E-state index in [1.165, 1.54) is 0 Å². The Bertz CT molecular complexity index is 1100. The zero-order chi connectivity index (χ0) is 18.1. The van der Waals surface area contributed by atoms with Gasteiger partial charge >= 0.3 is 5.69 Å². The van der Waals surface area contributed by atoms with Crippen LogP contribution in [0.25, 0.3) is 0 Å². The Morgan fingerprint density at radius 3 is 2.92 bits per heavy atom. The molecular formula is C18H14N4O4. The van der Waals surface area contributed by atoms with E-state index in [1.54, 1.807) is 36.7 Å². The molecule has 0 fully saturated rings. The summed E-state index contributed by atoms with van der Waals surface area (Å²) in [6.45, 7) is 0.357. The van der Waals surface area contributed by atoms with E-state index in [-0.39, 0.29) is 11.8 Å². The van der Waals surface area contributed by atoms with Crippen LogP contribution in [0.1, 0.15) is 27.0 Å². The number of carbonyl (C=O) groups is 1. The van der Waals surface area contributed by atoms with Gasteiger partial charge in [0.15, 0.2) is 0 Å². The summed E-state index contributed by atoms with van der Waals surface area (Å²) in [5.74, 6) is 0.289. The van der Waals surface area contributed by atoms with Crippen molar-refractivity contribution >= 4 is 5.91 Å². The molecule has 3 aromatic rings. The van der Waals surface area contributed by atoms with Crippen molar-refractivity contribution in [3.8, 4) is 11.6 Å². The van der Waals surface area contributed by atoms with Crippen molar-refractivity contribution in [2.75, 3.05) is 0 Å². The molecule has 1 amide bonds. The smallest absolute Gasteiger partial charge is 0.328 e. The fourth-order valence-corrected chi connectivity index (χ4v) is 2.76. The monoisotopic (exact) mass is 350 g/mol. The molecule has 0 saturated carbocycles. The van der Waals surface area contributed by atoms with Gasteiger partial charge in [-0.1, -0.05) is 12.1 Å². The molecule has 0 aliphatic carbocycles. The number of aromatic nitrogens is 3. The lowest BCUT2D eigenvalue weighted by Gasteiger charge is -2.19. The predicted octanol–water partition coefficient (Wildman–Crippen LogP) is 1.08. The minimum absolute atomic E-state index is 0.110. The third-order valence-corrected chi connectivity index (χ3v) is 4.09. The minimum atomic E-state index is -0.637. The molecule has 0 atom stereocenters. The molecule has 1 aliphatic heterocycles. The number of fused-ring (bicyclic) bond motifs is 2. The highest BCUT2D eigenvalue weighted by Crippen LogP contribution is 2.33. The van der Waals surface area contributed by atoms with Gasteiger partial charge in [0, 0.05) is 30.9 Å². The van der Waals surface area contributed by atoms with Gasteiger partial charge in [-0.05, 0) is 29.3 Å². The summed E-state index contributed by atoms with van der Waals surface area (Å²) < 4.78 is 5.63. The van der Waals surface area contributed by atoms with Gasteiger partial charge < -0.3 is 10.1 Å². The number of pyridine rings is 1. The van der Waals surface area contributed by atoms with Gasteiger partial charge in [0.05, 0.1) is 5.56 Å². The molecule has 8 heteroatoms. The Morgan fingerprint density at radius 2 is 2.12 bits per heavy atom. The number of benzene rings is 1. The van der Waals surface area contributed by atoms with Crippen LogP contribution in [0.3, 0.4) is 0 Å². The van der Waals surface area contributed by atoms with Crippen molar-refractivity contribution in [1.29, 1.82) is 0 Å². The van der Waals surface area contributed by atoms with Gasteiger partial charge in [-0.25, -0.2) is 4.79 Å². The molecule has 26 heavy (non-hydrogen) atoms. The van der Waals surface area contributed by atoms with E-state index in [2.05, 4.69) is 20.3 Å². The lowest BCUT2D eigenvalue weighted by atomic mass is 10.0. The third-order valence-electron chi connectivity index (χ3n) is 4.09. The van der Waals surface area contributed by atoms with Crippen LogP contribution in [0.15, 0.2) is 52.3 Å². The van der Waals surface area contributed by atoms with Crippen LogP contribution in [0.5, 0.6) is 11.6 Å². The molecule has 4 rings (SSSR count). The number of hydrogen-bond donors (Lipinski definition) is 3. The highest BCUT2D eigenvalue weighted by molar-refractivity contribution is 5.94. The summed E-state index contributed by atoms with van der Waals surface area (Å²) in [5.41, 5.74) is 1.31. The van der Waals surface area contributed by atoms with Gasteiger partial charge in [-0.15, -0.1) is 0 Å². The van der Waals surface area contributed by atoms with E-state index < -0.39 is 11.2 Å². The number of rotatable bonds is 3. The average Bonchev–Trinajstić information content (AvgIpc) is 2.65. The molecule has 130 valence electrons.